The molecule has 0 unspecified atom stereocenters. The summed E-state index contributed by atoms with van der Waals surface area (Å²) in [5, 5.41) is 0.896. The van der Waals surface area contributed by atoms with Crippen molar-refractivity contribution in [1.29, 1.82) is 0 Å². The molecule has 1 heterocycles. The van der Waals surface area contributed by atoms with E-state index in [1.807, 2.05) is 24.3 Å². The van der Waals surface area contributed by atoms with Gasteiger partial charge in [-0.3, -0.25) is 9.59 Å². The molecule has 180 valence electrons. The Hall–Kier alpha value is -3.32. The lowest BCUT2D eigenvalue weighted by Crippen LogP contribution is -2.48. The SMILES string of the molecule is C[C@H](N)C(=O)OC[C@H](N)C(=O)O[C@H](C)[C@H](N)C(=O)OC(=O)[C@@H](N)Cc1c[nH]c2ccccc12. The standard InChI is InChI=1S/C21H29N5O7/c1-10(22)18(27)31-9-15(24)20(29)32-11(2)17(25)21(30)33-19(28)14(23)7-12-8-26-16-6-4-3-5-13(12)16/h3-6,8,10-11,14-15,17,26H,7,9,22-25H2,1-2H3/t10-,11+,14-,15-,17-/m0/s1. The smallest absolute Gasteiger partial charge is 0.334 e. The molecule has 1 aromatic heterocycles. The summed E-state index contributed by atoms with van der Waals surface area (Å²) in [7, 11) is 0. The third-order valence-corrected chi connectivity index (χ3v) is 4.78. The van der Waals surface area contributed by atoms with Crippen LogP contribution in [0.5, 0.6) is 0 Å². The molecule has 0 radical (unpaired) electrons. The second-order valence-corrected chi connectivity index (χ2v) is 7.60. The Labute approximate surface area is 189 Å². The van der Waals surface area contributed by atoms with E-state index in [9.17, 15) is 19.2 Å². The van der Waals surface area contributed by atoms with Crippen LogP contribution in [0.4, 0.5) is 0 Å². The minimum Gasteiger partial charge on any atom is -0.462 e. The highest BCUT2D eigenvalue weighted by Gasteiger charge is 2.31. The van der Waals surface area contributed by atoms with Crippen LogP contribution < -0.4 is 22.9 Å². The highest BCUT2D eigenvalue weighted by atomic mass is 16.6. The molecule has 0 saturated carbocycles. The molecule has 33 heavy (non-hydrogen) atoms. The lowest BCUT2D eigenvalue weighted by molar-refractivity contribution is -0.165. The van der Waals surface area contributed by atoms with Gasteiger partial charge in [-0.05, 0) is 25.5 Å². The number of hydrogen-bond donors (Lipinski definition) is 5. The normalized spacial score (nSPS) is 15.7. The highest BCUT2D eigenvalue weighted by Crippen LogP contribution is 2.19. The Kier molecular flexibility index (Phi) is 9.05. The van der Waals surface area contributed by atoms with Crippen molar-refractivity contribution >= 4 is 34.8 Å². The van der Waals surface area contributed by atoms with Crippen molar-refractivity contribution < 1.29 is 33.4 Å². The summed E-state index contributed by atoms with van der Waals surface area (Å²) in [5.74, 6) is -3.80. The van der Waals surface area contributed by atoms with Gasteiger partial charge in [0.25, 0.3) is 0 Å². The second-order valence-electron chi connectivity index (χ2n) is 7.60. The van der Waals surface area contributed by atoms with E-state index in [4.69, 9.17) is 37.1 Å². The third-order valence-electron chi connectivity index (χ3n) is 4.78. The Morgan fingerprint density at radius 2 is 1.58 bits per heavy atom. The van der Waals surface area contributed by atoms with Crippen molar-refractivity contribution in [2.75, 3.05) is 6.61 Å². The average molecular weight is 463 g/mol. The topological polar surface area (TPSA) is 216 Å². The molecule has 2 rings (SSSR count). The molecule has 0 amide bonds. The van der Waals surface area contributed by atoms with Crippen LogP contribution in [-0.2, 0) is 39.8 Å². The summed E-state index contributed by atoms with van der Waals surface area (Å²) in [4.78, 5) is 50.9. The van der Waals surface area contributed by atoms with Gasteiger partial charge >= 0.3 is 23.9 Å². The van der Waals surface area contributed by atoms with E-state index in [1.165, 1.54) is 13.8 Å². The van der Waals surface area contributed by atoms with Crippen molar-refractivity contribution in [3.05, 3.63) is 36.0 Å². The maximum Gasteiger partial charge on any atom is 0.334 e. The van der Waals surface area contributed by atoms with Crippen molar-refractivity contribution in [3.63, 3.8) is 0 Å². The summed E-state index contributed by atoms with van der Waals surface area (Å²) in [6.45, 7) is 2.26. The van der Waals surface area contributed by atoms with Gasteiger partial charge in [0.2, 0.25) is 0 Å². The summed E-state index contributed by atoms with van der Waals surface area (Å²) in [5.41, 5.74) is 24.2. The molecule has 0 aliphatic carbocycles. The fourth-order valence-corrected chi connectivity index (χ4v) is 2.77. The van der Waals surface area contributed by atoms with Crippen LogP contribution in [0.25, 0.3) is 10.9 Å². The summed E-state index contributed by atoms with van der Waals surface area (Å²) in [6.07, 6.45) is 0.671. The number of aromatic nitrogens is 1. The van der Waals surface area contributed by atoms with E-state index in [0.29, 0.717) is 0 Å². The number of fused-ring (bicyclic) bond motifs is 1. The molecule has 5 atom stereocenters. The van der Waals surface area contributed by atoms with Crippen LogP contribution in [0.3, 0.4) is 0 Å². The predicted octanol–water partition coefficient (Wildman–Crippen LogP) is -1.42. The molecule has 2 aromatic rings. The maximum atomic E-state index is 12.3. The number of aromatic amines is 1. The van der Waals surface area contributed by atoms with Crippen LogP contribution in [0.1, 0.15) is 19.4 Å². The number of nitrogens with two attached hydrogens (primary N) is 4. The molecule has 0 bridgehead atoms. The van der Waals surface area contributed by atoms with Crippen molar-refractivity contribution in [1.82, 2.24) is 4.98 Å². The first-order valence-electron chi connectivity index (χ1n) is 10.2. The molecular weight excluding hydrogens is 434 g/mol. The first-order valence-corrected chi connectivity index (χ1v) is 10.2. The van der Waals surface area contributed by atoms with Gasteiger partial charge in [0, 0.05) is 23.5 Å². The number of esters is 4. The first kappa shape index (κ1) is 25.9. The van der Waals surface area contributed by atoms with E-state index < -0.39 is 60.8 Å². The minimum absolute atomic E-state index is 0.130. The zero-order valence-electron chi connectivity index (χ0n) is 18.4. The van der Waals surface area contributed by atoms with E-state index in [1.54, 1.807) is 6.20 Å². The molecule has 9 N–H and O–H groups in total. The monoisotopic (exact) mass is 463 g/mol. The average Bonchev–Trinajstić information content (AvgIpc) is 3.18. The second kappa shape index (κ2) is 11.5. The minimum atomic E-state index is -1.47. The first-order chi connectivity index (χ1) is 15.5. The van der Waals surface area contributed by atoms with Crippen molar-refractivity contribution in [2.45, 2.75) is 50.5 Å². The van der Waals surface area contributed by atoms with Gasteiger partial charge in [0.1, 0.15) is 36.9 Å². The number of ether oxygens (including phenoxy) is 3. The predicted molar refractivity (Wildman–Crippen MR) is 117 cm³/mol. The van der Waals surface area contributed by atoms with Gasteiger partial charge in [-0.2, -0.15) is 0 Å². The molecule has 0 aliphatic heterocycles. The Morgan fingerprint density at radius 3 is 2.24 bits per heavy atom. The van der Waals surface area contributed by atoms with Crippen molar-refractivity contribution in [2.24, 2.45) is 22.9 Å². The van der Waals surface area contributed by atoms with Gasteiger partial charge in [-0.1, -0.05) is 18.2 Å². The number of H-pyrrole nitrogens is 1. The quantitative estimate of drug-likeness (QED) is 0.156. The van der Waals surface area contributed by atoms with E-state index in [-0.39, 0.29) is 6.42 Å². The number of carbonyl (C=O) groups is 4. The lowest BCUT2D eigenvalue weighted by atomic mass is 10.1. The zero-order chi connectivity index (χ0) is 24.7. The van der Waals surface area contributed by atoms with Gasteiger partial charge in [-0.25, -0.2) is 9.59 Å². The van der Waals surface area contributed by atoms with Gasteiger partial charge in [0.15, 0.2) is 0 Å². The molecule has 12 nitrogen and oxygen atoms in total. The zero-order valence-corrected chi connectivity index (χ0v) is 18.4. The third kappa shape index (κ3) is 7.08. The summed E-state index contributed by atoms with van der Waals surface area (Å²) >= 11 is 0. The van der Waals surface area contributed by atoms with Crippen LogP contribution in [0.15, 0.2) is 30.5 Å². The number of para-hydroxylation sites is 1. The molecular formula is C21H29N5O7. The summed E-state index contributed by atoms with van der Waals surface area (Å²) in [6, 6.07) is 2.68. The lowest BCUT2D eigenvalue weighted by Gasteiger charge is -2.21. The van der Waals surface area contributed by atoms with Crippen LogP contribution in [-0.4, -0.2) is 65.7 Å². The Balaban J connectivity index is 1.84. The van der Waals surface area contributed by atoms with Crippen LogP contribution in [0, 0.1) is 0 Å². The fraction of sp³-hybridized carbons (Fsp3) is 0.429. The molecule has 0 spiro atoms. The van der Waals surface area contributed by atoms with Crippen LogP contribution >= 0.6 is 0 Å². The van der Waals surface area contributed by atoms with Gasteiger partial charge in [-0.15, -0.1) is 0 Å². The number of hydrogen-bond acceptors (Lipinski definition) is 11. The Bertz CT molecular complexity index is 1010. The van der Waals surface area contributed by atoms with Crippen LogP contribution in [0.2, 0.25) is 0 Å². The number of carbonyl (C=O) groups excluding carboxylic acids is 4. The molecule has 1 aromatic carbocycles. The fourth-order valence-electron chi connectivity index (χ4n) is 2.77. The summed E-state index contributed by atoms with van der Waals surface area (Å²) < 4.78 is 14.5. The molecule has 0 saturated heterocycles. The van der Waals surface area contributed by atoms with Gasteiger partial charge < -0.3 is 42.1 Å². The largest absolute Gasteiger partial charge is 0.462 e. The van der Waals surface area contributed by atoms with Gasteiger partial charge in [0.05, 0.1) is 0 Å². The maximum absolute atomic E-state index is 12.3. The number of nitrogens with one attached hydrogen (secondary N) is 1. The molecule has 12 heteroatoms. The number of benzene rings is 1. The Morgan fingerprint density at radius 1 is 0.909 bits per heavy atom. The highest BCUT2D eigenvalue weighted by molar-refractivity contribution is 5.92. The molecule has 0 aliphatic rings. The number of rotatable bonds is 10. The van der Waals surface area contributed by atoms with E-state index in [2.05, 4.69) is 4.98 Å². The van der Waals surface area contributed by atoms with E-state index >= 15 is 0 Å². The van der Waals surface area contributed by atoms with E-state index in [0.717, 1.165) is 16.5 Å². The van der Waals surface area contributed by atoms with Crippen molar-refractivity contribution in [3.8, 4) is 0 Å². The molecule has 0 fully saturated rings.